The lowest BCUT2D eigenvalue weighted by Gasteiger charge is -2.15. The average Bonchev–Trinajstić information content (AvgIpc) is 3.09. The van der Waals surface area contributed by atoms with Gasteiger partial charge in [-0.15, -0.1) is 0 Å². The number of oxime groups is 1. The monoisotopic (exact) mass is 360 g/mol. The Bertz CT molecular complexity index is 862. The summed E-state index contributed by atoms with van der Waals surface area (Å²) < 4.78 is 0. The first kappa shape index (κ1) is 15.2. The summed E-state index contributed by atoms with van der Waals surface area (Å²) in [6.45, 7) is 0. The molecule has 2 atom stereocenters. The second kappa shape index (κ2) is 5.61. The van der Waals surface area contributed by atoms with Gasteiger partial charge in [-0.1, -0.05) is 52.6 Å². The number of halogens is 2. The molecule has 2 aliphatic rings. The number of rotatable bonds is 2. The summed E-state index contributed by atoms with van der Waals surface area (Å²) in [7, 11) is 0. The lowest BCUT2D eigenvalue weighted by Crippen LogP contribution is -2.33. The molecule has 2 aromatic rings. The minimum Gasteiger partial charge on any atom is -0.381 e. The molecule has 0 aromatic heterocycles. The molecule has 2 aromatic carbocycles. The Morgan fingerprint density at radius 3 is 2.25 bits per heavy atom. The van der Waals surface area contributed by atoms with E-state index >= 15 is 0 Å². The van der Waals surface area contributed by atoms with E-state index in [0.717, 1.165) is 4.90 Å². The molecule has 7 heteroatoms. The van der Waals surface area contributed by atoms with Crippen molar-refractivity contribution in [2.24, 2.45) is 11.1 Å². The van der Waals surface area contributed by atoms with E-state index in [1.807, 2.05) is 6.07 Å². The first-order valence-electron chi connectivity index (χ1n) is 7.20. The van der Waals surface area contributed by atoms with E-state index in [1.54, 1.807) is 42.5 Å². The van der Waals surface area contributed by atoms with Crippen molar-refractivity contribution in [3.05, 3.63) is 64.1 Å². The first-order valence-corrected chi connectivity index (χ1v) is 7.96. The molecule has 120 valence electrons. The Kier molecular flexibility index (Phi) is 3.55. The Labute approximate surface area is 147 Å². The van der Waals surface area contributed by atoms with Crippen LogP contribution in [0.25, 0.3) is 0 Å². The predicted octanol–water partition coefficient (Wildman–Crippen LogP) is 3.29. The van der Waals surface area contributed by atoms with Crippen LogP contribution in [0.5, 0.6) is 0 Å². The molecule has 0 radical (unpaired) electrons. The summed E-state index contributed by atoms with van der Waals surface area (Å²) in [6.07, 6.45) is -0.986. The van der Waals surface area contributed by atoms with Crippen molar-refractivity contribution >= 4 is 46.4 Å². The van der Waals surface area contributed by atoms with Crippen LogP contribution in [0.2, 0.25) is 10.0 Å². The number of carbonyl (C=O) groups is 2. The van der Waals surface area contributed by atoms with E-state index in [4.69, 9.17) is 28.0 Å². The number of anilines is 1. The van der Waals surface area contributed by atoms with Crippen molar-refractivity contribution in [2.45, 2.75) is 6.10 Å². The van der Waals surface area contributed by atoms with E-state index in [9.17, 15) is 9.59 Å². The van der Waals surface area contributed by atoms with Gasteiger partial charge in [0.25, 0.3) is 5.91 Å². The minimum absolute atomic E-state index is 0.285. The highest BCUT2D eigenvalue weighted by Crippen LogP contribution is 2.38. The maximum atomic E-state index is 12.9. The number of amides is 2. The second-order valence-electron chi connectivity index (χ2n) is 5.42. The predicted molar refractivity (Wildman–Crippen MR) is 90.3 cm³/mol. The normalized spacial score (nSPS) is 22.4. The fourth-order valence-electron chi connectivity index (χ4n) is 2.96. The van der Waals surface area contributed by atoms with Crippen LogP contribution >= 0.6 is 23.2 Å². The van der Waals surface area contributed by atoms with Gasteiger partial charge in [-0.3, -0.25) is 9.59 Å². The highest BCUT2D eigenvalue weighted by Gasteiger charge is 2.56. The number of hydrogen-bond acceptors (Lipinski definition) is 4. The van der Waals surface area contributed by atoms with Crippen molar-refractivity contribution < 1.29 is 14.4 Å². The largest absolute Gasteiger partial charge is 0.381 e. The summed E-state index contributed by atoms with van der Waals surface area (Å²) >= 11 is 12.4. The van der Waals surface area contributed by atoms with Crippen LogP contribution < -0.4 is 4.90 Å². The number of nitrogens with zero attached hydrogens (tertiary/aromatic N) is 2. The summed E-state index contributed by atoms with van der Waals surface area (Å²) in [4.78, 5) is 31.8. The van der Waals surface area contributed by atoms with Crippen molar-refractivity contribution in [3.63, 3.8) is 0 Å². The van der Waals surface area contributed by atoms with Crippen molar-refractivity contribution in [1.29, 1.82) is 0 Å². The molecule has 4 rings (SSSR count). The van der Waals surface area contributed by atoms with Gasteiger partial charge in [0.1, 0.15) is 11.6 Å². The fraction of sp³-hybridized carbons (Fsp3) is 0.118. The summed E-state index contributed by atoms with van der Waals surface area (Å²) in [6, 6.07) is 13.7. The molecule has 0 spiro atoms. The van der Waals surface area contributed by atoms with E-state index < -0.39 is 23.8 Å². The van der Waals surface area contributed by atoms with Gasteiger partial charge < -0.3 is 4.84 Å². The molecule has 0 N–H and O–H groups in total. The summed E-state index contributed by atoms with van der Waals surface area (Å²) in [5, 5.41) is 4.62. The number of fused-ring (bicyclic) bond motifs is 1. The lowest BCUT2D eigenvalue weighted by atomic mass is 9.94. The van der Waals surface area contributed by atoms with Gasteiger partial charge in [-0.2, -0.15) is 0 Å². The average molecular weight is 361 g/mol. The van der Waals surface area contributed by atoms with Crippen LogP contribution in [0.15, 0.2) is 53.7 Å². The highest BCUT2D eigenvalue weighted by molar-refractivity contribution is 6.43. The molecule has 2 amide bonds. The standard InChI is InChI=1S/C17H10Cl2N2O3/c18-10-7-4-8-11(19)12(10)14-13-15(24-20-14)17(23)21(16(13)22)9-5-2-1-3-6-9/h1-8,13,15H/t13-,15+/m0/s1. The Morgan fingerprint density at radius 1 is 0.917 bits per heavy atom. The van der Waals surface area contributed by atoms with Gasteiger partial charge >= 0.3 is 0 Å². The van der Waals surface area contributed by atoms with Gasteiger partial charge in [0, 0.05) is 5.56 Å². The molecule has 1 saturated heterocycles. The van der Waals surface area contributed by atoms with Gasteiger partial charge in [0.2, 0.25) is 12.0 Å². The topological polar surface area (TPSA) is 59.0 Å². The third kappa shape index (κ3) is 2.12. The van der Waals surface area contributed by atoms with Gasteiger partial charge in [-0.05, 0) is 24.3 Å². The van der Waals surface area contributed by atoms with Gasteiger partial charge in [0.15, 0.2) is 0 Å². The van der Waals surface area contributed by atoms with Crippen LogP contribution in [-0.4, -0.2) is 23.6 Å². The SMILES string of the molecule is O=C1[C@H]2C(c3c(Cl)cccc3Cl)=NO[C@H]2C(=O)N1c1ccccc1. The smallest absolute Gasteiger partial charge is 0.278 e. The number of imide groups is 1. The zero-order chi connectivity index (χ0) is 16.8. The lowest BCUT2D eigenvalue weighted by molar-refractivity contribution is -0.126. The summed E-state index contributed by atoms with van der Waals surface area (Å²) in [5.41, 5.74) is 1.20. The van der Waals surface area contributed by atoms with Crippen molar-refractivity contribution in [1.82, 2.24) is 0 Å². The quantitative estimate of drug-likeness (QED) is 0.772. The molecule has 0 aliphatic carbocycles. The summed E-state index contributed by atoms with van der Waals surface area (Å²) in [5.74, 6) is -1.70. The zero-order valence-electron chi connectivity index (χ0n) is 12.1. The molecule has 2 aliphatic heterocycles. The molecule has 0 saturated carbocycles. The molecule has 1 fully saturated rings. The third-order valence-corrected chi connectivity index (χ3v) is 4.68. The molecular weight excluding hydrogens is 351 g/mol. The van der Waals surface area contributed by atoms with Crippen LogP contribution in [0, 0.1) is 5.92 Å². The van der Waals surface area contributed by atoms with Crippen LogP contribution in [0.4, 0.5) is 5.69 Å². The molecule has 0 bridgehead atoms. The maximum absolute atomic E-state index is 12.9. The van der Waals surface area contributed by atoms with Crippen LogP contribution in [-0.2, 0) is 14.4 Å². The second-order valence-corrected chi connectivity index (χ2v) is 6.24. The Hall–Kier alpha value is -2.37. The Balaban J connectivity index is 1.77. The Morgan fingerprint density at radius 2 is 1.58 bits per heavy atom. The zero-order valence-corrected chi connectivity index (χ0v) is 13.7. The van der Waals surface area contributed by atoms with Crippen molar-refractivity contribution in [2.75, 3.05) is 4.90 Å². The molecule has 0 unspecified atom stereocenters. The van der Waals surface area contributed by atoms with Crippen LogP contribution in [0.1, 0.15) is 5.56 Å². The molecular formula is C17H10Cl2N2O3. The number of benzene rings is 2. The van der Waals surface area contributed by atoms with E-state index in [2.05, 4.69) is 5.16 Å². The molecule has 5 nitrogen and oxygen atoms in total. The fourth-order valence-corrected chi connectivity index (χ4v) is 3.55. The van der Waals surface area contributed by atoms with E-state index in [0.29, 0.717) is 21.3 Å². The highest BCUT2D eigenvalue weighted by atomic mass is 35.5. The number of carbonyl (C=O) groups excluding carboxylic acids is 2. The van der Waals surface area contributed by atoms with E-state index in [1.165, 1.54) is 0 Å². The van der Waals surface area contributed by atoms with E-state index in [-0.39, 0.29) is 5.71 Å². The maximum Gasteiger partial charge on any atom is 0.278 e. The third-order valence-electron chi connectivity index (χ3n) is 4.05. The van der Waals surface area contributed by atoms with Crippen molar-refractivity contribution in [3.8, 4) is 0 Å². The first-order chi connectivity index (χ1) is 11.6. The van der Waals surface area contributed by atoms with Gasteiger partial charge in [0.05, 0.1) is 15.7 Å². The minimum atomic E-state index is -0.986. The molecule has 2 heterocycles. The van der Waals surface area contributed by atoms with Gasteiger partial charge in [-0.25, -0.2) is 4.90 Å². The van der Waals surface area contributed by atoms with Crippen LogP contribution in [0.3, 0.4) is 0 Å². The number of para-hydroxylation sites is 1. The number of hydrogen-bond donors (Lipinski definition) is 0. The molecule has 24 heavy (non-hydrogen) atoms.